The Morgan fingerprint density at radius 3 is 2.75 bits per heavy atom. The van der Waals surface area contributed by atoms with Gasteiger partial charge in [-0.3, -0.25) is 9.79 Å². The summed E-state index contributed by atoms with van der Waals surface area (Å²) >= 11 is 0. The molecular formula is C13H16N2O5. The first-order valence-electron chi connectivity index (χ1n) is 6.07. The predicted molar refractivity (Wildman–Crippen MR) is 70.9 cm³/mol. The summed E-state index contributed by atoms with van der Waals surface area (Å²) in [5.74, 6) is -1.50. The molecule has 0 aliphatic carbocycles. The standard InChI is InChI=1S/C13H16N2O5/c1-19-11(16)5-6-12(17)20-9-3-8-15-13(18)10-4-2-7-14-10/h4-7H,2-3,8-9H2,1H3,(H,15,18)/b6-5+. The second-order valence-electron chi connectivity index (χ2n) is 3.77. The van der Waals surface area contributed by atoms with Crippen LogP contribution in [-0.4, -0.2) is 44.3 Å². The first-order valence-corrected chi connectivity index (χ1v) is 6.07. The minimum atomic E-state index is -0.634. The maximum atomic E-state index is 11.5. The van der Waals surface area contributed by atoms with E-state index in [4.69, 9.17) is 4.74 Å². The zero-order chi connectivity index (χ0) is 14.8. The monoisotopic (exact) mass is 280 g/mol. The van der Waals surface area contributed by atoms with E-state index in [1.54, 1.807) is 12.3 Å². The van der Waals surface area contributed by atoms with Gasteiger partial charge < -0.3 is 14.8 Å². The van der Waals surface area contributed by atoms with Gasteiger partial charge >= 0.3 is 11.9 Å². The van der Waals surface area contributed by atoms with Crippen molar-refractivity contribution < 1.29 is 23.9 Å². The topological polar surface area (TPSA) is 94.1 Å². The molecule has 0 aromatic heterocycles. The van der Waals surface area contributed by atoms with Crippen molar-refractivity contribution in [3.8, 4) is 0 Å². The number of allylic oxidation sites excluding steroid dienone is 1. The second kappa shape index (κ2) is 8.63. The highest BCUT2D eigenvalue weighted by atomic mass is 16.5. The molecule has 0 spiro atoms. The third kappa shape index (κ3) is 5.94. The van der Waals surface area contributed by atoms with E-state index in [9.17, 15) is 14.4 Å². The Bertz CT molecular complexity index is 465. The number of esters is 2. The Kier molecular flexibility index (Phi) is 6.74. The van der Waals surface area contributed by atoms with Crippen molar-refractivity contribution in [3.63, 3.8) is 0 Å². The Morgan fingerprint density at radius 2 is 2.10 bits per heavy atom. The average Bonchev–Trinajstić information content (AvgIpc) is 2.98. The summed E-state index contributed by atoms with van der Waals surface area (Å²) in [6, 6.07) is 0. The molecule has 0 aromatic carbocycles. The van der Waals surface area contributed by atoms with Crippen LogP contribution >= 0.6 is 0 Å². The van der Waals surface area contributed by atoms with Crippen LogP contribution in [0.25, 0.3) is 0 Å². The minimum absolute atomic E-state index is 0.146. The fraction of sp³-hybridized carbons (Fsp3) is 0.385. The van der Waals surface area contributed by atoms with Crippen LogP contribution in [0, 0.1) is 0 Å². The normalized spacial score (nSPS) is 13.2. The lowest BCUT2D eigenvalue weighted by Gasteiger charge is -2.04. The third-order valence-corrected chi connectivity index (χ3v) is 2.29. The molecule has 0 unspecified atom stereocenters. The van der Waals surface area contributed by atoms with Crippen LogP contribution < -0.4 is 5.32 Å². The lowest BCUT2D eigenvalue weighted by atomic mass is 10.3. The molecule has 1 aliphatic heterocycles. The van der Waals surface area contributed by atoms with Crippen LogP contribution in [0.1, 0.15) is 12.8 Å². The number of hydrogen-bond acceptors (Lipinski definition) is 6. The molecule has 108 valence electrons. The van der Waals surface area contributed by atoms with Gasteiger partial charge in [0.1, 0.15) is 5.70 Å². The van der Waals surface area contributed by atoms with E-state index >= 15 is 0 Å². The molecule has 0 saturated carbocycles. The summed E-state index contributed by atoms with van der Waals surface area (Å²) in [4.78, 5) is 37.2. The molecule has 0 atom stereocenters. The van der Waals surface area contributed by atoms with E-state index in [1.165, 1.54) is 7.11 Å². The van der Waals surface area contributed by atoms with E-state index < -0.39 is 11.9 Å². The number of nitrogens with zero attached hydrogens (tertiary/aromatic N) is 1. The van der Waals surface area contributed by atoms with Crippen molar-refractivity contribution in [2.75, 3.05) is 20.3 Å². The highest BCUT2D eigenvalue weighted by Crippen LogP contribution is 2.04. The summed E-state index contributed by atoms with van der Waals surface area (Å²) in [5, 5.41) is 2.65. The van der Waals surface area contributed by atoms with Gasteiger partial charge in [-0.1, -0.05) is 0 Å². The van der Waals surface area contributed by atoms with Crippen molar-refractivity contribution in [2.24, 2.45) is 4.99 Å². The predicted octanol–water partition coefficient (Wildman–Crippen LogP) is 0.123. The molecule has 1 rings (SSSR count). The molecular weight excluding hydrogens is 264 g/mol. The Labute approximate surface area is 116 Å². The largest absolute Gasteiger partial charge is 0.466 e. The highest BCUT2D eigenvalue weighted by Gasteiger charge is 2.09. The number of nitrogens with one attached hydrogen (secondary N) is 1. The zero-order valence-electron chi connectivity index (χ0n) is 11.1. The van der Waals surface area contributed by atoms with Crippen molar-refractivity contribution in [3.05, 3.63) is 23.9 Å². The van der Waals surface area contributed by atoms with E-state index in [-0.39, 0.29) is 12.5 Å². The summed E-state index contributed by atoms with van der Waals surface area (Å²) < 4.78 is 9.14. The van der Waals surface area contributed by atoms with Crippen molar-refractivity contribution in [1.29, 1.82) is 0 Å². The first kappa shape index (κ1) is 15.6. The number of carbonyl (C=O) groups is 3. The van der Waals surface area contributed by atoms with Gasteiger partial charge in [-0.05, 0) is 12.5 Å². The number of rotatable bonds is 7. The summed E-state index contributed by atoms with van der Waals surface area (Å²) in [6.07, 6.45) is 6.50. The summed E-state index contributed by atoms with van der Waals surface area (Å²) in [6.45, 7) is 0.520. The van der Waals surface area contributed by atoms with Gasteiger partial charge in [-0.2, -0.15) is 0 Å². The minimum Gasteiger partial charge on any atom is -0.466 e. The van der Waals surface area contributed by atoms with Crippen LogP contribution in [-0.2, 0) is 23.9 Å². The van der Waals surface area contributed by atoms with Crippen LogP contribution in [0.15, 0.2) is 28.9 Å². The average molecular weight is 280 g/mol. The number of ether oxygens (including phenoxy) is 2. The molecule has 0 aromatic rings. The van der Waals surface area contributed by atoms with Crippen LogP contribution in [0.3, 0.4) is 0 Å². The Balaban J connectivity index is 2.08. The molecule has 0 saturated heterocycles. The molecule has 0 fully saturated rings. The molecule has 1 heterocycles. The molecule has 1 N–H and O–H groups in total. The Hall–Kier alpha value is -2.44. The molecule has 7 heteroatoms. The quantitative estimate of drug-likeness (QED) is 0.406. The van der Waals surface area contributed by atoms with E-state index in [2.05, 4.69) is 15.0 Å². The van der Waals surface area contributed by atoms with E-state index in [1.807, 2.05) is 0 Å². The number of amides is 1. The maximum absolute atomic E-state index is 11.5. The lowest BCUT2D eigenvalue weighted by molar-refractivity contribution is -0.139. The second-order valence-corrected chi connectivity index (χ2v) is 3.77. The first-order chi connectivity index (χ1) is 9.63. The third-order valence-electron chi connectivity index (χ3n) is 2.29. The van der Waals surface area contributed by atoms with E-state index in [0.717, 1.165) is 12.2 Å². The van der Waals surface area contributed by atoms with Gasteiger partial charge in [-0.25, -0.2) is 9.59 Å². The molecule has 1 amide bonds. The fourth-order valence-electron chi connectivity index (χ4n) is 1.31. The van der Waals surface area contributed by atoms with Gasteiger partial charge in [0.25, 0.3) is 5.91 Å². The van der Waals surface area contributed by atoms with Gasteiger partial charge in [0.15, 0.2) is 0 Å². The van der Waals surface area contributed by atoms with Gasteiger partial charge in [0, 0.05) is 31.3 Å². The molecule has 0 radical (unpaired) electrons. The van der Waals surface area contributed by atoms with Gasteiger partial charge in [0.2, 0.25) is 0 Å². The van der Waals surface area contributed by atoms with Gasteiger partial charge in [0.05, 0.1) is 13.7 Å². The number of hydrogen-bond donors (Lipinski definition) is 1. The zero-order valence-corrected chi connectivity index (χ0v) is 11.1. The molecule has 1 aliphatic rings. The SMILES string of the molecule is COC(=O)/C=C/C(=O)OCCCNC(=O)C1=CCC=N1. The van der Waals surface area contributed by atoms with Crippen molar-refractivity contribution >= 4 is 24.1 Å². The van der Waals surface area contributed by atoms with Crippen molar-refractivity contribution in [2.45, 2.75) is 12.8 Å². The van der Waals surface area contributed by atoms with Crippen LogP contribution in [0.4, 0.5) is 0 Å². The van der Waals surface area contributed by atoms with Crippen LogP contribution in [0.2, 0.25) is 0 Å². The van der Waals surface area contributed by atoms with Crippen LogP contribution in [0.5, 0.6) is 0 Å². The molecule has 7 nitrogen and oxygen atoms in total. The lowest BCUT2D eigenvalue weighted by Crippen LogP contribution is -2.26. The van der Waals surface area contributed by atoms with Gasteiger partial charge in [-0.15, -0.1) is 0 Å². The molecule has 20 heavy (non-hydrogen) atoms. The number of methoxy groups -OCH3 is 1. The highest BCUT2D eigenvalue weighted by molar-refractivity contribution is 5.96. The smallest absolute Gasteiger partial charge is 0.331 e. The van der Waals surface area contributed by atoms with E-state index in [0.29, 0.717) is 25.1 Å². The summed E-state index contributed by atoms with van der Waals surface area (Å²) in [5.41, 5.74) is 0.406. The molecule has 0 bridgehead atoms. The fourth-order valence-corrected chi connectivity index (χ4v) is 1.31. The van der Waals surface area contributed by atoms with Crippen molar-refractivity contribution in [1.82, 2.24) is 5.32 Å². The Morgan fingerprint density at radius 1 is 1.35 bits per heavy atom. The number of carbonyl (C=O) groups excluding carboxylic acids is 3. The maximum Gasteiger partial charge on any atom is 0.331 e. The number of aliphatic imine (C=N–C) groups is 1. The summed E-state index contributed by atoms with van der Waals surface area (Å²) in [7, 11) is 1.21.